The zero-order valence-electron chi connectivity index (χ0n) is 14.4. The van der Waals surface area contributed by atoms with Crippen LogP contribution in [0.3, 0.4) is 0 Å². The number of furan rings is 1. The Hall–Kier alpha value is -1.96. The molecule has 1 aliphatic carbocycles. The van der Waals surface area contributed by atoms with E-state index in [9.17, 15) is 9.00 Å². The Labute approximate surface area is 154 Å². The van der Waals surface area contributed by atoms with Crippen LogP contribution in [0.5, 0.6) is 0 Å². The normalized spacial score (nSPS) is 22.9. The standard InChI is InChI=1S/C19H21N3O3S/c20-12-19(4-5-19)18(23)21-8-14-10-22(11-15(14)9-21)26(24)16-1-2-17-13(7-16)3-6-25-17/h1-3,6-7H,4-5,8-12,20H2. The Balaban J connectivity index is 1.26. The number of amides is 1. The van der Waals surface area contributed by atoms with Crippen molar-refractivity contribution in [1.29, 1.82) is 0 Å². The highest BCUT2D eigenvalue weighted by Crippen LogP contribution is 2.47. The van der Waals surface area contributed by atoms with Crippen molar-refractivity contribution in [2.45, 2.75) is 17.7 Å². The third kappa shape index (κ3) is 2.46. The van der Waals surface area contributed by atoms with E-state index in [1.165, 1.54) is 11.1 Å². The van der Waals surface area contributed by atoms with Gasteiger partial charge in [0.2, 0.25) is 5.91 Å². The molecule has 1 aromatic carbocycles. The average molecular weight is 371 g/mol. The Morgan fingerprint density at radius 2 is 1.88 bits per heavy atom. The Bertz CT molecular complexity index is 942. The predicted octanol–water partition coefficient (Wildman–Crippen LogP) is 1.65. The largest absolute Gasteiger partial charge is 0.464 e. The minimum Gasteiger partial charge on any atom is -0.464 e. The molecule has 1 atom stereocenters. The van der Waals surface area contributed by atoms with Crippen LogP contribution in [0.15, 0.2) is 51.0 Å². The van der Waals surface area contributed by atoms with Crippen LogP contribution in [0.1, 0.15) is 12.8 Å². The van der Waals surface area contributed by atoms with Crippen molar-refractivity contribution in [3.05, 3.63) is 41.7 Å². The molecular weight excluding hydrogens is 350 g/mol. The van der Waals surface area contributed by atoms with Crippen LogP contribution in [0.2, 0.25) is 0 Å². The lowest BCUT2D eigenvalue weighted by atomic mass is 10.1. The highest BCUT2D eigenvalue weighted by atomic mass is 32.2. The van der Waals surface area contributed by atoms with Gasteiger partial charge < -0.3 is 15.1 Å². The van der Waals surface area contributed by atoms with Crippen LogP contribution in [-0.4, -0.2) is 52.0 Å². The maximum absolute atomic E-state index is 13.0. The number of nitrogens with zero attached hydrogens (tertiary/aromatic N) is 2. The smallest absolute Gasteiger partial charge is 0.230 e. The fourth-order valence-corrected chi connectivity index (χ4v) is 5.26. The number of benzene rings is 1. The van der Waals surface area contributed by atoms with E-state index in [4.69, 9.17) is 10.2 Å². The molecule has 3 aliphatic rings. The van der Waals surface area contributed by atoms with Gasteiger partial charge in [-0.2, -0.15) is 0 Å². The van der Waals surface area contributed by atoms with E-state index in [0.717, 1.165) is 28.7 Å². The third-order valence-electron chi connectivity index (χ3n) is 5.84. The summed E-state index contributed by atoms with van der Waals surface area (Å²) in [4.78, 5) is 15.4. The number of nitrogens with two attached hydrogens (primary N) is 1. The van der Waals surface area contributed by atoms with E-state index in [1.54, 1.807) is 6.26 Å². The molecule has 7 heteroatoms. The van der Waals surface area contributed by atoms with Gasteiger partial charge in [-0.1, -0.05) is 0 Å². The summed E-state index contributed by atoms with van der Waals surface area (Å²) in [6.45, 7) is 3.07. The lowest BCUT2D eigenvalue weighted by Gasteiger charge is -2.25. The van der Waals surface area contributed by atoms with Crippen LogP contribution < -0.4 is 5.73 Å². The molecule has 136 valence electrons. The van der Waals surface area contributed by atoms with Crippen molar-refractivity contribution in [3.8, 4) is 0 Å². The highest BCUT2D eigenvalue weighted by Gasteiger charge is 2.51. The van der Waals surface area contributed by atoms with E-state index in [-0.39, 0.29) is 11.3 Å². The van der Waals surface area contributed by atoms with Crippen molar-refractivity contribution in [1.82, 2.24) is 9.21 Å². The molecule has 1 unspecified atom stereocenters. The fourth-order valence-electron chi connectivity index (χ4n) is 4.00. The average Bonchev–Trinajstić information content (AvgIpc) is 2.96. The maximum Gasteiger partial charge on any atom is 0.230 e. The molecule has 6 nitrogen and oxygen atoms in total. The number of rotatable bonds is 4. The Morgan fingerprint density at radius 1 is 1.15 bits per heavy atom. The maximum atomic E-state index is 13.0. The van der Waals surface area contributed by atoms with Gasteiger partial charge in [0.1, 0.15) is 16.6 Å². The van der Waals surface area contributed by atoms with Crippen LogP contribution in [-0.2, 0) is 15.8 Å². The zero-order chi connectivity index (χ0) is 17.9. The Morgan fingerprint density at radius 3 is 2.54 bits per heavy atom. The van der Waals surface area contributed by atoms with Gasteiger partial charge in [-0.3, -0.25) is 4.79 Å². The first-order valence-electron chi connectivity index (χ1n) is 8.93. The number of hydrogen-bond acceptors (Lipinski definition) is 4. The molecule has 2 aliphatic heterocycles. The van der Waals surface area contributed by atoms with Crippen LogP contribution in [0.25, 0.3) is 11.0 Å². The monoisotopic (exact) mass is 371 g/mol. The summed E-state index contributed by atoms with van der Waals surface area (Å²) in [5, 5.41) is 0.962. The topological polar surface area (TPSA) is 79.8 Å². The first kappa shape index (κ1) is 16.2. The summed E-state index contributed by atoms with van der Waals surface area (Å²) in [6, 6.07) is 7.53. The molecular formula is C19H21N3O3S. The summed E-state index contributed by atoms with van der Waals surface area (Å²) in [5.74, 6) is 0.201. The van der Waals surface area contributed by atoms with Crippen LogP contribution in [0.4, 0.5) is 0 Å². The molecule has 1 amide bonds. The quantitative estimate of drug-likeness (QED) is 0.829. The van der Waals surface area contributed by atoms with E-state index < -0.39 is 11.0 Å². The van der Waals surface area contributed by atoms with Gasteiger partial charge in [-0.25, -0.2) is 8.51 Å². The number of fused-ring (bicyclic) bond motifs is 1. The van der Waals surface area contributed by atoms with Gasteiger partial charge in [-0.05, 0) is 48.3 Å². The first-order chi connectivity index (χ1) is 12.6. The van der Waals surface area contributed by atoms with Gasteiger partial charge in [0.15, 0.2) is 0 Å². The number of carbonyl (C=O) groups excluding carboxylic acids is 1. The molecule has 0 radical (unpaired) electrons. The zero-order valence-corrected chi connectivity index (χ0v) is 15.3. The van der Waals surface area contributed by atoms with Gasteiger partial charge in [0.05, 0.1) is 16.6 Å². The van der Waals surface area contributed by atoms with Crippen molar-refractivity contribution in [3.63, 3.8) is 0 Å². The number of hydrogen-bond donors (Lipinski definition) is 1. The van der Waals surface area contributed by atoms with Gasteiger partial charge in [0, 0.05) is 38.1 Å². The molecule has 0 spiro atoms. The van der Waals surface area contributed by atoms with Crippen molar-refractivity contribution in [2.75, 3.05) is 32.7 Å². The lowest BCUT2D eigenvalue weighted by Crippen LogP contribution is -2.41. The lowest BCUT2D eigenvalue weighted by molar-refractivity contribution is -0.135. The van der Waals surface area contributed by atoms with Crippen molar-refractivity contribution < 1.29 is 13.4 Å². The minimum atomic E-state index is -1.21. The second kappa shape index (κ2) is 5.77. The first-order valence-corrected chi connectivity index (χ1v) is 10.0. The van der Waals surface area contributed by atoms with E-state index >= 15 is 0 Å². The van der Waals surface area contributed by atoms with Gasteiger partial charge >= 0.3 is 0 Å². The third-order valence-corrected chi connectivity index (χ3v) is 7.23. The molecule has 1 fully saturated rings. The molecule has 26 heavy (non-hydrogen) atoms. The summed E-state index contributed by atoms with van der Waals surface area (Å²) < 4.78 is 20.3. The van der Waals surface area contributed by atoms with Crippen LogP contribution >= 0.6 is 0 Å². The van der Waals surface area contributed by atoms with Gasteiger partial charge in [-0.15, -0.1) is 0 Å². The molecule has 0 bridgehead atoms. The molecule has 1 saturated carbocycles. The minimum absolute atomic E-state index is 0.201. The second-order valence-electron chi connectivity index (χ2n) is 7.52. The number of carbonyl (C=O) groups is 1. The summed E-state index contributed by atoms with van der Waals surface area (Å²) in [6.07, 6.45) is 3.47. The second-order valence-corrected chi connectivity index (χ2v) is 9.01. The summed E-state index contributed by atoms with van der Waals surface area (Å²) in [7, 11) is -1.21. The van der Waals surface area contributed by atoms with Gasteiger partial charge in [0.25, 0.3) is 0 Å². The molecule has 3 heterocycles. The van der Waals surface area contributed by atoms with E-state index in [0.29, 0.717) is 32.7 Å². The summed E-state index contributed by atoms with van der Waals surface area (Å²) in [5.41, 5.74) is 8.79. The molecule has 0 saturated heterocycles. The Kier molecular flexibility index (Phi) is 3.60. The summed E-state index contributed by atoms with van der Waals surface area (Å²) >= 11 is 0. The van der Waals surface area contributed by atoms with Crippen molar-refractivity contribution >= 4 is 27.9 Å². The van der Waals surface area contributed by atoms with Crippen molar-refractivity contribution in [2.24, 2.45) is 11.1 Å². The highest BCUT2D eigenvalue weighted by molar-refractivity contribution is 7.82. The molecule has 1 aromatic heterocycles. The molecule has 2 N–H and O–H groups in total. The van der Waals surface area contributed by atoms with E-state index in [2.05, 4.69) is 0 Å². The SMILES string of the molecule is NCC1(C(=O)N2CC3=C(C2)CN(S(=O)c2ccc4occc4c2)C3)CC1. The fraction of sp³-hybridized carbons (Fsp3) is 0.421. The van der Waals surface area contributed by atoms with Crippen LogP contribution in [0, 0.1) is 5.41 Å². The predicted molar refractivity (Wildman–Crippen MR) is 98.5 cm³/mol. The van der Waals surface area contributed by atoms with E-state index in [1.807, 2.05) is 33.5 Å². The molecule has 5 rings (SSSR count). The molecule has 2 aromatic rings.